The molecule has 0 radical (unpaired) electrons. The molecule has 0 unspecified atom stereocenters. The van der Waals surface area contributed by atoms with Crippen LogP contribution in [0.4, 0.5) is 4.39 Å². The Labute approximate surface area is 84.9 Å². The molecular weight excluding hydrogens is 199 g/mol. The second-order valence-electron chi connectivity index (χ2n) is 3.34. The van der Waals surface area contributed by atoms with Crippen molar-refractivity contribution in [3.8, 4) is 0 Å². The standard InChI is InChI=1S/C10H9FN2O2/c1-13-5-7-6(4-9(14)15)2-3-8(11)10(7)12-13/h2-3,5H,4H2,1H3,(H,14,15). The molecule has 15 heavy (non-hydrogen) atoms. The van der Waals surface area contributed by atoms with Gasteiger partial charge in [-0.3, -0.25) is 9.48 Å². The molecule has 0 saturated carbocycles. The quantitative estimate of drug-likeness (QED) is 0.810. The Bertz CT molecular complexity index is 533. The first-order valence-corrected chi connectivity index (χ1v) is 4.40. The van der Waals surface area contributed by atoms with Gasteiger partial charge in [-0.05, 0) is 11.6 Å². The average Bonchev–Trinajstić information content (AvgIpc) is 2.52. The molecule has 1 N–H and O–H groups in total. The maximum absolute atomic E-state index is 13.3. The monoisotopic (exact) mass is 208 g/mol. The number of nitrogens with zero attached hydrogens (tertiary/aromatic N) is 2. The number of carboxylic acid groups (broad SMARTS) is 1. The van der Waals surface area contributed by atoms with Gasteiger partial charge in [-0.1, -0.05) is 6.07 Å². The first kappa shape index (κ1) is 9.64. The number of aromatic nitrogens is 2. The summed E-state index contributed by atoms with van der Waals surface area (Å²) in [6.45, 7) is 0. The third kappa shape index (κ3) is 1.68. The lowest BCUT2D eigenvalue weighted by Gasteiger charge is -1.98. The van der Waals surface area contributed by atoms with Gasteiger partial charge in [0.15, 0.2) is 5.82 Å². The van der Waals surface area contributed by atoms with Crippen molar-refractivity contribution in [1.29, 1.82) is 0 Å². The largest absolute Gasteiger partial charge is 0.481 e. The van der Waals surface area contributed by atoms with Crippen molar-refractivity contribution in [2.75, 3.05) is 0 Å². The second kappa shape index (κ2) is 3.34. The number of halogens is 1. The van der Waals surface area contributed by atoms with Crippen LogP contribution in [-0.4, -0.2) is 20.9 Å². The number of aliphatic carboxylic acids is 1. The molecule has 0 fully saturated rings. The topological polar surface area (TPSA) is 55.1 Å². The van der Waals surface area contributed by atoms with Crippen LogP contribution in [0.1, 0.15) is 5.56 Å². The summed E-state index contributed by atoms with van der Waals surface area (Å²) in [6.07, 6.45) is 1.50. The van der Waals surface area contributed by atoms with E-state index in [0.717, 1.165) is 0 Å². The summed E-state index contributed by atoms with van der Waals surface area (Å²) in [7, 11) is 1.67. The first-order valence-electron chi connectivity index (χ1n) is 4.40. The molecule has 0 spiro atoms. The van der Waals surface area contributed by atoms with Crippen LogP contribution >= 0.6 is 0 Å². The van der Waals surface area contributed by atoms with Gasteiger partial charge in [-0.15, -0.1) is 0 Å². The molecule has 5 heteroatoms. The Hall–Kier alpha value is -1.91. The average molecular weight is 208 g/mol. The van der Waals surface area contributed by atoms with Crippen LogP contribution in [0.5, 0.6) is 0 Å². The summed E-state index contributed by atoms with van der Waals surface area (Å²) in [4.78, 5) is 10.6. The van der Waals surface area contributed by atoms with Gasteiger partial charge in [0.1, 0.15) is 5.52 Å². The lowest BCUT2D eigenvalue weighted by atomic mass is 10.1. The van der Waals surface area contributed by atoms with E-state index in [4.69, 9.17) is 5.11 Å². The molecule has 0 bridgehead atoms. The third-order valence-corrected chi connectivity index (χ3v) is 2.17. The van der Waals surface area contributed by atoms with Gasteiger partial charge in [0.2, 0.25) is 0 Å². The summed E-state index contributed by atoms with van der Waals surface area (Å²) in [5.41, 5.74) is 0.795. The Morgan fingerprint density at radius 3 is 3.00 bits per heavy atom. The summed E-state index contributed by atoms with van der Waals surface area (Å²) in [6, 6.07) is 2.72. The third-order valence-electron chi connectivity index (χ3n) is 2.17. The van der Waals surface area contributed by atoms with Crippen LogP contribution in [0.15, 0.2) is 18.3 Å². The smallest absolute Gasteiger partial charge is 0.307 e. The molecule has 1 aromatic heterocycles. The van der Waals surface area contributed by atoms with Crippen molar-refractivity contribution < 1.29 is 14.3 Å². The molecular formula is C10H9FN2O2. The number of rotatable bonds is 2. The molecule has 2 aromatic rings. The van der Waals surface area contributed by atoms with Gasteiger partial charge in [0.25, 0.3) is 0 Å². The van der Waals surface area contributed by atoms with Crippen LogP contribution in [0.2, 0.25) is 0 Å². The Morgan fingerprint density at radius 2 is 2.33 bits per heavy atom. The number of carbonyl (C=O) groups is 1. The van der Waals surface area contributed by atoms with Gasteiger partial charge < -0.3 is 5.11 Å². The molecule has 2 rings (SSSR count). The highest BCUT2D eigenvalue weighted by Crippen LogP contribution is 2.20. The minimum Gasteiger partial charge on any atom is -0.481 e. The minimum absolute atomic E-state index is 0.123. The summed E-state index contributed by atoms with van der Waals surface area (Å²) in [5, 5.41) is 13.2. The van der Waals surface area contributed by atoms with Gasteiger partial charge >= 0.3 is 5.97 Å². The molecule has 0 aliphatic rings. The second-order valence-corrected chi connectivity index (χ2v) is 3.34. The molecule has 78 valence electrons. The molecule has 0 aliphatic heterocycles. The summed E-state index contributed by atoms with van der Waals surface area (Å²) < 4.78 is 14.8. The van der Waals surface area contributed by atoms with Crippen molar-refractivity contribution >= 4 is 16.9 Å². The molecule has 4 nitrogen and oxygen atoms in total. The first-order chi connectivity index (χ1) is 7.08. The number of aryl methyl sites for hydroxylation is 1. The predicted octanol–water partition coefficient (Wildman–Crippen LogP) is 1.34. The summed E-state index contributed by atoms with van der Waals surface area (Å²) in [5.74, 6) is -1.37. The highest BCUT2D eigenvalue weighted by molar-refractivity contribution is 5.86. The number of carboxylic acids is 1. The van der Waals surface area contributed by atoms with E-state index in [-0.39, 0.29) is 11.9 Å². The zero-order valence-corrected chi connectivity index (χ0v) is 8.07. The van der Waals surface area contributed by atoms with E-state index < -0.39 is 11.8 Å². The Balaban J connectivity index is 2.65. The van der Waals surface area contributed by atoms with Gasteiger partial charge in [0.05, 0.1) is 6.42 Å². The molecule has 0 aliphatic carbocycles. The number of benzene rings is 1. The van der Waals surface area contributed by atoms with Crippen LogP contribution in [0.3, 0.4) is 0 Å². The van der Waals surface area contributed by atoms with Crippen molar-refractivity contribution in [3.05, 3.63) is 29.7 Å². The summed E-state index contributed by atoms with van der Waals surface area (Å²) >= 11 is 0. The van der Waals surface area contributed by atoms with E-state index in [9.17, 15) is 9.18 Å². The fourth-order valence-electron chi connectivity index (χ4n) is 1.56. The number of fused-ring (bicyclic) bond motifs is 1. The maximum Gasteiger partial charge on any atom is 0.307 e. The van der Waals surface area contributed by atoms with Gasteiger partial charge in [-0.25, -0.2) is 4.39 Å². The van der Waals surface area contributed by atoms with Crippen LogP contribution in [-0.2, 0) is 18.3 Å². The molecule has 1 aromatic carbocycles. The number of hydrogen-bond acceptors (Lipinski definition) is 2. The molecule has 0 atom stereocenters. The van der Waals surface area contributed by atoms with Crippen LogP contribution in [0.25, 0.3) is 10.9 Å². The lowest BCUT2D eigenvalue weighted by molar-refractivity contribution is -0.136. The van der Waals surface area contributed by atoms with Crippen LogP contribution < -0.4 is 0 Å². The van der Waals surface area contributed by atoms with Crippen molar-refractivity contribution in [2.24, 2.45) is 7.05 Å². The van der Waals surface area contributed by atoms with Crippen molar-refractivity contribution in [2.45, 2.75) is 6.42 Å². The number of hydrogen-bond donors (Lipinski definition) is 1. The van der Waals surface area contributed by atoms with E-state index >= 15 is 0 Å². The van der Waals surface area contributed by atoms with Crippen molar-refractivity contribution in [3.63, 3.8) is 0 Å². The Kier molecular flexibility index (Phi) is 2.15. The molecule has 1 heterocycles. The molecule has 0 saturated heterocycles. The van der Waals surface area contributed by atoms with Crippen LogP contribution in [0, 0.1) is 5.82 Å². The van der Waals surface area contributed by atoms with Crippen molar-refractivity contribution in [1.82, 2.24) is 9.78 Å². The van der Waals surface area contributed by atoms with E-state index in [1.807, 2.05) is 0 Å². The van der Waals surface area contributed by atoms with E-state index in [1.54, 1.807) is 13.2 Å². The predicted molar refractivity (Wildman–Crippen MR) is 52.0 cm³/mol. The zero-order valence-electron chi connectivity index (χ0n) is 8.07. The maximum atomic E-state index is 13.3. The molecule has 0 amide bonds. The van der Waals surface area contributed by atoms with E-state index in [2.05, 4.69) is 5.10 Å². The van der Waals surface area contributed by atoms with E-state index in [0.29, 0.717) is 10.9 Å². The highest BCUT2D eigenvalue weighted by Gasteiger charge is 2.11. The van der Waals surface area contributed by atoms with E-state index in [1.165, 1.54) is 16.8 Å². The fourth-order valence-corrected chi connectivity index (χ4v) is 1.56. The fraction of sp³-hybridized carbons (Fsp3) is 0.200. The Morgan fingerprint density at radius 1 is 1.60 bits per heavy atom. The lowest BCUT2D eigenvalue weighted by Crippen LogP contribution is -2.00. The zero-order chi connectivity index (χ0) is 11.0. The SMILES string of the molecule is Cn1cc2c(CC(=O)O)ccc(F)c2n1. The minimum atomic E-state index is -0.938. The highest BCUT2D eigenvalue weighted by atomic mass is 19.1. The normalized spacial score (nSPS) is 10.8. The van der Waals surface area contributed by atoms with Gasteiger partial charge in [0, 0.05) is 18.6 Å². The van der Waals surface area contributed by atoms with Gasteiger partial charge in [-0.2, -0.15) is 5.10 Å².